The SMILES string of the molecule is CCC(C)C(C(=O)O)S(=O)(=O)c1ccccc1Cl. The van der Waals surface area contributed by atoms with E-state index in [2.05, 4.69) is 0 Å². The van der Waals surface area contributed by atoms with Gasteiger partial charge in [0.2, 0.25) is 0 Å². The minimum absolute atomic E-state index is 0.0482. The van der Waals surface area contributed by atoms with E-state index >= 15 is 0 Å². The van der Waals surface area contributed by atoms with Gasteiger partial charge in [0.25, 0.3) is 0 Å². The summed E-state index contributed by atoms with van der Waals surface area (Å²) < 4.78 is 24.7. The summed E-state index contributed by atoms with van der Waals surface area (Å²) in [7, 11) is -3.97. The molecular weight excluding hydrogens is 276 g/mol. The van der Waals surface area contributed by atoms with Gasteiger partial charge in [0.15, 0.2) is 15.1 Å². The first-order valence-corrected chi connectivity index (χ1v) is 7.46. The van der Waals surface area contributed by atoms with Gasteiger partial charge < -0.3 is 5.11 Å². The number of hydrogen-bond acceptors (Lipinski definition) is 3. The Kier molecular flexibility index (Phi) is 4.76. The number of carbonyl (C=O) groups is 1. The summed E-state index contributed by atoms with van der Waals surface area (Å²) in [6, 6.07) is 5.88. The fourth-order valence-electron chi connectivity index (χ4n) is 1.71. The Morgan fingerprint density at radius 1 is 1.39 bits per heavy atom. The van der Waals surface area contributed by atoms with Gasteiger partial charge in [-0.1, -0.05) is 44.0 Å². The number of carboxylic acid groups (broad SMARTS) is 1. The number of aliphatic carboxylic acids is 1. The fourth-order valence-corrected chi connectivity index (χ4v) is 4.12. The number of carboxylic acids is 1. The molecule has 1 aromatic rings. The zero-order valence-electron chi connectivity index (χ0n) is 10.1. The molecule has 0 amide bonds. The van der Waals surface area contributed by atoms with Crippen LogP contribution >= 0.6 is 11.6 Å². The first-order chi connectivity index (χ1) is 8.32. The average molecular weight is 291 g/mol. The van der Waals surface area contributed by atoms with Gasteiger partial charge in [0.1, 0.15) is 0 Å². The van der Waals surface area contributed by atoms with Crippen LogP contribution < -0.4 is 0 Å². The first kappa shape index (κ1) is 15.0. The van der Waals surface area contributed by atoms with Crippen molar-refractivity contribution in [3.8, 4) is 0 Å². The summed E-state index contributed by atoms with van der Waals surface area (Å²) >= 11 is 5.83. The van der Waals surface area contributed by atoms with Gasteiger partial charge in [0.05, 0.1) is 9.92 Å². The Bertz CT molecular complexity index is 539. The number of benzene rings is 1. The molecule has 0 aliphatic rings. The molecule has 4 nitrogen and oxygen atoms in total. The molecule has 0 saturated heterocycles. The third kappa shape index (κ3) is 2.84. The van der Waals surface area contributed by atoms with Crippen molar-refractivity contribution in [2.75, 3.05) is 0 Å². The van der Waals surface area contributed by atoms with Gasteiger partial charge >= 0.3 is 5.97 Å². The third-order valence-corrected chi connectivity index (χ3v) is 5.63. The highest BCUT2D eigenvalue weighted by Crippen LogP contribution is 2.28. The lowest BCUT2D eigenvalue weighted by atomic mass is 10.1. The van der Waals surface area contributed by atoms with Crippen molar-refractivity contribution >= 4 is 27.4 Å². The van der Waals surface area contributed by atoms with Crippen molar-refractivity contribution in [1.29, 1.82) is 0 Å². The van der Waals surface area contributed by atoms with E-state index in [-0.39, 0.29) is 9.92 Å². The normalized spacial score (nSPS) is 15.1. The lowest BCUT2D eigenvalue weighted by Crippen LogP contribution is -2.36. The monoisotopic (exact) mass is 290 g/mol. The molecule has 18 heavy (non-hydrogen) atoms. The number of rotatable bonds is 5. The summed E-state index contributed by atoms with van der Waals surface area (Å²) in [5.41, 5.74) is 0. The van der Waals surface area contributed by atoms with E-state index in [0.717, 1.165) is 0 Å². The predicted octanol–water partition coefficient (Wildman–Crippen LogP) is 2.61. The molecule has 0 aromatic heterocycles. The van der Waals surface area contributed by atoms with E-state index < -0.39 is 27.0 Å². The van der Waals surface area contributed by atoms with E-state index in [9.17, 15) is 13.2 Å². The third-order valence-electron chi connectivity index (χ3n) is 2.88. The lowest BCUT2D eigenvalue weighted by molar-refractivity contribution is -0.137. The van der Waals surface area contributed by atoms with Crippen LogP contribution in [0.3, 0.4) is 0 Å². The number of hydrogen-bond donors (Lipinski definition) is 1. The Balaban J connectivity index is 3.36. The van der Waals surface area contributed by atoms with Crippen LogP contribution in [0.15, 0.2) is 29.2 Å². The highest BCUT2D eigenvalue weighted by Gasteiger charge is 2.38. The van der Waals surface area contributed by atoms with Gasteiger partial charge in [0, 0.05) is 0 Å². The molecule has 0 aliphatic heterocycles. The van der Waals surface area contributed by atoms with Crippen LogP contribution in [0.2, 0.25) is 5.02 Å². The molecule has 1 aromatic carbocycles. The van der Waals surface area contributed by atoms with Gasteiger partial charge in [-0.15, -0.1) is 0 Å². The Labute approximate surface area is 112 Å². The van der Waals surface area contributed by atoms with Crippen molar-refractivity contribution in [3.05, 3.63) is 29.3 Å². The maximum absolute atomic E-state index is 12.3. The van der Waals surface area contributed by atoms with Gasteiger partial charge in [-0.25, -0.2) is 8.42 Å². The van der Waals surface area contributed by atoms with Crippen LogP contribution in [0.5, 0.6) is 0 Å². The van der Waals surface area contributed by atoms with Crippen molar-refractivity contribution in [2.24, 2.45) is 5.92 Å². The molecule has 1 rings (SSSR count). The molecular formula is C12H15ClO4S. The average Bonchev–Trinajstić information content (AvgIpc) is 2.28. The highest BCUT2D eigenvalue weighted by molar-refractivity contribution is 7.93. The van der Waals surface area contributed by atoms with Crippen molar-refractivity contribution in [2.45, 2.75) is 30.4 Å². The molecule has 1 N–H and O–H groups in total. The minimum atomic E-state index is -3.97. The standard InChI is InChI=1S/C12H15ClO4S/c1-3-8(2)11(12(14)15)18(16,17)10-7-5-4-6-9(10)13/h4-8,11H,3H2,1-2H3,(H,14,15). The van der Waals surface area contributed by atoms with Crippen LogP contribution in [-0.2, 0) is 14.6 Å². The molecule has 0 bridgehead atoms. The van der Waals surface area contributed by atoms with E-state index in [0.29, 0.717) is 6.42 Å². The zero-order chi connectivity index (χ0) is 13.9. The molecule has 0 heterocycles. The minimum Gasteiger partial charge on any atom is -0.480 e. The second-order valence-electron chi connectivity index (χ2n) is 4.12. The maximum Gasteiger partial charge on any atom is 0.322 e. The van der Waals surface area contributed by atoms with Crippen LogP contribution in [0, 0.1) is 5.92 Å². The summed E-state index contributed by atoms with van der Waals surface area (Å²) in [5.74, 6) is -1.83. The second kappa shape index (κ2) is 5.71. The molecule has 0 spiro atoms. The van der Waals surface area contributed by atoms with Crippen LogP contribution in [0.25, 0.3) is 0 Å². The van der Waals surface area contributed by atoms with E-state index in [1.807, 2.05) is 0 Å². The van der Waals surface area contributed by atoms with Crippen LogP contribution in [0.1, 0.15) is 20.3 Å². The van der Waals surface area contributed by atoms with Crippen LogP contribution in [0.4, 0.5) is 0 Å². The highest BCUT2D eigenvalue weighted by atomic mass is 35.5. The lowest BCUT2D eigenvalue weighted by Gasteiger charge is -2.19. The maximum atomic E-state index is 12.3. The number of sulfone groups is 1. The first-order valence-electron chi connectivity index (χ1n) is 5.53. The largest absolute Gasteiger partial charge is 0.480 e. The van der Waals surface area contributed by atoms with Crippen molar-refractivity contribution in [1.82, 2.24) is 0 Å². The van der Waals surface area contributed by atoms with E-state index in [4.69, 9.17) is 16.7 Å². The molecule has 6 heteroatoms. The van der Waals surface area contributed by atoms with Gasteiger partial charge in [-0.05, 0) is 18.1 Å². The Morgan fingerprint density at radius 2 is 1.94 bits per heavy atom. The van der Waals surface area contributed by atoms with Crippen LogP contribution in [-0.4, -0.2) is 24.7 Å². The Morgan fingerprint density at radius 3 is 2.39 bits per heavy atom. The topological polar surface area (TPSA) is 71.4 Å². The van der Waals surface area contributed by atoms with Gasteiger partial charge in [-0.2, -0.15) is 0 Å². The van der Waals surface area contributed by atoms with E-state index in [1.54, 1.807) is 19.9 Å². The summed E-state index contributed by atoms with van der Waals surface area (Å²) in [6.07, 6.45) is 0.459. The van der Waals surface area contributed by atoms with Crippen molar-refractivity contribution < 1.29 is 18.3 Å². The predicted molar refractivity (Wildman–Crippen MR) is 69.5 cm³/mol. The fraction of sp³-hybridized carbons (Fsp3) is 0.417. The molecule has 0 saturated carbocycles. The number of halogens is 1. The van der Waals surface area contributed by atoms with Crippen molar-refractivity contribution in [3.63, 3.8) is 0 Å². The molecule has 0 radical (unpaired) electrons. The summed E-state index contributed by atoms with van der Waals surface area (Å²) in [6.45, 7) is 3.36. The summed E-state index contributed by atoms with van der Waals surface area (Å²) in [4.78, 5) is 11.1. The second-order valence-corrected chi connectivity index (χ2v) is 6.56. The molecule has 2 atom stereocenters. The Hall–Kier alpha value is -1.07. The molecule has 2 unspecified atom stereocenters. The van der Waals surface area contributed by atoms with E-state index in [1.165, 1.54) is 18.2 Å². The summed E-state index contributed by atoms with van der Waals surface area (Å²) in [5, 5.41) is 7.72. The zero-order valence-corrected chi connectivity index (χ0v) is 11.7. The molecule has 0 fully saturated rings. The quantitative estimate of drug-likeness (QED) is 0.905. The smallest absolute Gasteiger partial charge is 0.322 e. The molecule has 0 aliphatic carbocycles. The van der Waals surface area contributed by atoms with Gasteiger partial charge in [-0.3, -0.25) is 4.79 Å². The molecule has 100 valence electrons.